The third kappa shape index (κ3) is 4.19. The summed E-state index contributed by atoms with van der Waals surface area (Å²) in [4.78, 5) is 19.5. The van der Waals surface area contributed by atoms with E-state index < -0.39 is 0 Å². The molecule has 6 heteroatoms. The van der Waals surface area contributed by atoms with Crippen molar-refractivity contribution in [1.82, 2.24) is 9.80 Å². The van der Waals surface area contributed by atoms with Gasteiger partial charge in [-0.05, 0) is 42.7 Å². The summed E-state index contributed by atoms with van der Waals surface area (Å²) in [5.74, 6) is 0.191. The maximum absolute atomic E-state index is 12.4. The second-order valence-electron chi connectivity index (χ2n) is 6.88. The topological polar surface area (TPSA) is 32.8 Å². The Morgan fingerprint density at radius 2 is 1.88 bits per heavy atom. The molecule has 2 aromatic rings. The van der Waals surface area contributed by atoms with Crippen molar-refractivity contribution >= 4 is 33.2 Å². The summed E-state index contributed by atoms with van der Waals surface area (Å²) in [6.07, 6.45) is 1.70. The number of piperazine rings is 1. The molecule has 26 heavy (non-hydrogen) atoms. The van der Waals surface area contributed by atoms with Gasteiger partial charge in [0.1, 0.15) is 6.10 Å². The van der Waals surface area contributed by atoms with Crippen molar-refractivity contribution in [3.63, 3.8) is 0 Å². The molecule has 1 amide bonds. The number of halogens is 1. The van der Waals surface area contributed by atoms with Crippen molar-refractivity contribution in [3.8, 4) is 10.4 Å². The van der Waals surface area contributed by atoms with Crippen LogP contribution in [-0.4, -0.2) is 54.6 Å². The minimum absolute atomic E-state index is 0.188. The van der Waals surface area contributed by atoms with Gasteiger partial charge in [-0.1, -0.05) is 28.1 Å². The second kappa shape index (κ2) is 8.21. The molecule has 0 spiro atoms. The SMILES string of the molecule is O=C(C1CCCO1)N1CCN(Cc2ccc(-c3ccc(Br)cc3)s2)CC1. The number of hydrogen-bond donors (Lipinski definition) is 0. The highest BCUT2D eigenvalue weighted by molar-refractivity contribution is 9.10. The number of nitrogens with zero attached hydrogens (tertiary/aromatic N) is 2. The van der Waals surface area contributed by atoms with Crippen LogP contribution in [0.4, 0.5) is 0 Å². The Bertz CT molecular complexity index is 747. The fourth-order valence-electron chi connectivity index (χ4n) is 3.56. The average molecular weight is 435 g/mol. The standard InChI is InChI=1S/C20H23BrN2O2S/c21-16-5-3-15(4-6-16)19-8-7-17(26-19)14-22-9-11-23(12-10-22)20(24)18-2-1-13-25-18/h3-8,18H,1-2,9-14H2. The molecule has 2 fully saturated rings. The number of thiophene rings is 1. The number of carbonyl (C=O) groups is 1. The number of ether oxygens (including phenoxy) is 1. The second-order valence-corrected chi connectivity index (χ2v) is 8.96. The summed E-state index contributed by atoms with van der Waals surface area (Å²) < 4.78 is 6.64. The lowest BCUT2D eigenvalue weighted by atomic mass is 10.2. The van der Waals surface area contributed by atoms with Crippen LogP contribution in [0.1, 0.15) is 17.7 Å². The molecule has 0 N–H and O–H groups in total. The highest BCUT2D eigenvalue weighted by Crippen LogP contribution is 2.30. The first kappa shape index (κ1) is 18.2. The number of benzene rings is 1. The summed E-state index contributed by atoms with van der Waals surface area (Å²) in [5, 5.41) is 0. The highest BCUT2D eigenvalue weighted by atomic mass is 79.9. The Labute approximate surface area is 166 Å². The molecule has 0 saturated carbocycles. The van der Waals surface area contributed by atoms with Crippen molar-refractivity contribution < 1.29 is 9.53 Å². The van der Waals surface area contributed by atoms with E-state index in [1.807, 2.05) is 16.2 Å². The Morgan fingerprint density at radius 1 is 1.12 bits per heavy atom. The van der Waals surface area contributed by atoms with Gasteiger partial charge < -0.3 is 9.64 Å². The van der Waals surface area contributed by atoms with Crippen LogP contribution in [-0.2, 0) is 16.1 Å². The quantitative estimate of drug-likeness (QED) is 0.728. The smallest absolute Gasteiger partial charge is 0.251 e. The molecule has 1 aromatic heterocycles. The predicted molar refractivity (Wildman–Crippen MR) is 108 cm³/mol. The van der Waals surface area contributed by atoms with Gasteiger partial charge >= 0.3 is 0 Å². The normalized spacial score (nSPS) is 21.3. The fourth-order valence-corrected chi connectivity index (χ4v) is 4.88. The van der Waals surface area contributed by atoms with Gasteiger partial charge in [-0.25, -0.2) is 0 Å². The van der Waals surface area contributed by atoms with Crippen LogP contribution in [0.2, 0.25) is 0 Å². The molecule has 2 aliphatic rings. The van der Waals surface area contributed by atoms with E-state index in [4.69, 9.17) is 4.74 Å². The van der Waals surface area contributed by atoms with E-state index >= 15 is 0 Å². The van der Waals surface area contributed by atoms with Gasteiger partial charge in [0.25, 0.3) is 5.91 Å². The van der Waals surface area contributed by atoms with Crippen molar-refractivity contribution in [2.75, 3.05) is 32.8 Å². The van der Waals surface area contributed by atoms with Gasteiger partial charge in [0, 0.05) is 53.6 Å². The Kier molecular flexibility index (Phi) is 5.74. The van der Waals surface area contributed by atoms with Gasteiger partial charge in [0.15, 0.2) is 0 Å². The predicted octanol–water partition coefficient (Wildman–Crippen LogP) is 4.00. The molecule has 2 saturated heterocycles. The highest BCUT2D eigenvalue weighted by Gasteiger charge is 2.30. The Morgan fingerprint density at radius 3 is 2.58 bits per heavy atom. The first-order valence-electron chi connectivity index (χ1n) is 9.16. The minimum atomic E-state index is -0.188. The molecule has 1 aromatic carbocycles. The van der Waals surface area contributed by atoms with E-state index in [1.54, 1.807) is 0 Å². The van der Waals surface area contributed by atoms with Gasteiger partial charge in [-0.2, -0.15) is 0 Å². The van der Waals surface area contributed by atoms with E-state index in [9.17, 15) is 4.79 Å². The van der Waals surface area contributed by atoms with Crippen LogP contribution >= 0.6 is 27.3 Å². The third-order valence-electron chi connectivity index (χ3n) is 5.06. The molecule has 138 valence electrons. The summed E-state index contributed by atoms with van der Waals surface area (Å²) in [6, 6.07) is 12.9. The molecule has 0 bridgehead atoms. The van der Waals surface area contributed by atoms with E-state index in [0.717, 1.165) is 56.6 Å². The minimum Gasteiger partial charge on any atom is -0.368 e. The first-order valence-corrected chi connectivity index (χ1v) is 10.8. The van der Waals surface area contributed by atoms with Crippen LogP contribution < -0.4 is 0 Å². The number of carbonyl (C=O) groups excluding carboxylic acids is 1. The zero-order valence-electron chi connectivity index (χ0n) is 14.7. The summed E-state index contributed by atoms with van der Waals surface area (Å²) in [5.41, 5.74) is 1.26. The molecule has 0 aliphatic carbocycles. The van der Waals surface area contributed by atoms with E-state index in [-0.39, 0.29) is 12.0 Å². The Hall–Kier alpha value is -1.21. The molecule has 3 heterocycles. The lowest BCUT2D eigenvalue weighted by molar-refractivity contribution is -0.142. The van der Waals surface area contributed by atoms with Gasteiger partial charge in [-0.15, -0.1) is 11.3 Å². The summed E-state index contributed by atoms with van der Waals surface area (Å²) in [6.45, 7) is 5.18. The molecule has 0 radical (unpaired) electrons. The zero-order chi connectivity index (χ0) is 17.9. The van der Waals surface area contributed by atoms with E-state index in [1.165, 1.54) is 15.3 Å². The van der Waals surface area contributed by atoms with Crippen LogP contribution in [0.25, 0.3) is 10.4 Å². The Balaban J connectivity index is 1.30. The average Bonchev–Trinajstić information content (AvgIpc) is 3.35. The molecule has 2 aliphatic heterocycles. The van der Waals surface area contributed by atoms with Crippen LogP contribution in [0.5, 0.6) is 0 Å². The van der Waals surface area contributed by atoms with Gasteiger partial charge in [0.05, 0.1) is 0 Å². The monoisotopic (exact) mass is 434 g/mol. The molecular formula is C20H23BrN2O2S. The molecule has 4 rings (SSSR count). The largest absolute Gasteiger partial charge is 0.368 e. The zero-order valence-corrected chi connectivity index (χ0v) is 17.1. The molecular weight excluding hydrogens is 412 g/mol. The molecule has 1 unspecified atom stereocenters. The van der Waals surface area contributed by atoms with Crippen LogP contribution in [0.3, 0.4) is 0 Å². The van der Waals surface area contributed by atoms with Crippen molar-refractivity contribution in [3.05, 3.63) is 45.7 Å². The van der Waals surface area contributed by atoms with Crippen molar-refractivity contribution in [2.45, 2.75) is 25.5 Å². The van der Waals surface area contributed by atoms with Gasteiger partial charge in [0.2, 0.25) is 0 Å². The maximum atomic E-state index is 12.4. The summed E-state index contributed by atoms with van der Waals surface area (Å²) >= 11 is 5.34. The van der Waals surface area contributed by atoms with Crippen molar-refractivity contribution in [1.29, 1.82) is 0 Å². The molecule has 1 atom stereocenters. The molecule has 4 nitrogen and oxygen atoms in total. The lowest BCUT2D eigenvalue weighted by Crippen LogP contribution is -2.50. The first-order chi connectivity index (χ1) is 12.7. The number of amides is 1. The van der Waals surface area contributed by atoms with E-state index in [2.05, 4.69) is 57.2 Å². The van der Waals surface area contributed by atoms with Crippen molar-refractivity contribution in [2.24, 2.45) is 0 Å². The van der Waals surface area contributed by atoms with Crippen LogP contribution in [0, 0.1) is 0 Å². The lowest BCUT2D eigenvalue weighted by Gasteiger charge is -2.35. The number of hydrogen-bond acceptors (Lipinski definition) is 4. The van der Waals surface area contributed by atoms with E-state index in [0.29, 0.717) is 0 Å². The number of rotatable bonds is 4. The summed E-state index contributed by atoms with van der Waals surface area (Å²) in [7, 11) is 0. The van der Waals surface area contributed by atoms with Crippen LogP contribution in [0.15, 0.2) is 40.9 Å². The third-order valence-corrected chi connectivity index (χ3v) is 6.71. The fraction of sp³-hybridized carbons (Fsp3) is 0.450. The van der Waals surface area contributed by atoms with Gasteiger partial charge in [-0.3, -0.25) is 9.69 Å². The maximum Gasteiger partial charge on any atom is 0.251 e.